The molecule has 2 N–H and O–H groups in total. The molecule has 0 aromatic heterocycles. The number of fused-ring (bicyclic) bond motifs is 2. The lowest BCUT2D eigenvalue weighted by molar-refractivity contribution is 1.09. The van der Waals surface area contributed by atoms with Crippen LogP contribution in [-0.2, 0) is 0 Å². The molecule has 2 aliphatic rings. The van der Waals surface area contributed by atoms with E-state index in [-0.39, 0.29) is 0 Å². The Hall–Kier alpha value is 0.420. The zero-order chi connectivity index (χ0) is 10.3. The van der Waals surface area contributed by atoms with E-state index in [1.165, 1.54) is 42.6 Å². The molecule has 0 fully saturated rings. The van der Waals surface area contributed by atoms with E-state index in [9.17, 15) is 0 Å². The van der Waals surface area contributed by atoms with Gasteiger partial charge >= 0.3 is 0 Å². The Balaban J connectivity index is 2.16. The molecule has 1 nitrogen and oxygen atoms in total. The van der Waals surface area contributed by atoms with Crippen molar-refractivity contribution in [2.75, 3.05) is 28.7 Å². The molecule has 1 aromatic carbocycles. The maximum absolute atomic E-state index is 6.26. The SMILES string of the molecule is Nc1c2c(cc3c1SCCS3)SCCS2. The molecule has 0 saturated heterocycles. The number of thioether (sulfide) groups is 4. The Morgan fingerprint density at radius 1 is 0.800 bits per heavy atom. The first kappa shape index (κ1) is 10.6. The monoisotopic (exact) mass is 273 g/mol. The fraction of sp³-hybridized carbons (Fsp3) is 0.400. The van der Waals surface area contributed by atoms with Crippen molar-refractivity contribution in [1.82, 2.24) is 0 Å². The van der Waals surface area contributed by atoms with Crippen molar-refractivity contribution in [3.63, 3.8) is 0 Å². The van der Waals surface area contributed by atoms with Crippen LogP contribution < -0.4 is 5.73 Å². The van der Waals surface area contributed by atoms with Crippen LogP contribution in [0.1, 0.15) is 0 Å². The summed E-state index contributed by atoms with van der Waals surface area (Å²) >= 11 is 7.74. The molecule has 0 amide bonds. The van der Waals surface area contributed by atoms with E-state index in [0.717, 1.165) is 5.69 Å². The standard InChI is InChI=1S/C10H11NS4/c11-8-9-6(12-1-3-14-9)5-7-10(8)15-4-2-13-7/h5H,1-4,11H2. The fourth-order valence-electron chi connectivity index (χ4n) is 1.72. The normalized spacial score (nSPS) is 19.5. The first-order valence-corrected chi connectivity index (χ1v) is 8.78. The van der Waals surface area contributed by atoms with E-state index in [2.05, 4.69) is 6.07 Å². The minimum atomic E-state index is 1.04. The predicted molar refractivity (Wildman–Crippen MR) is 73.8 cm³/mol. The van der Waals surface area contributed by atoms with Gasteiger partial charge in [-0.05, 0) is 6.07 Å². The van der Waals surface area contributed by atoms with Gasteiger partial charge in [-0.1, -0.05) is 0 Å². The van der Waals surface area contributed by atoms with E-state index in [0.29, 0.717) is 0 Å². The average Bonchev–Trinajstić information content (AvgIpc) is 2.30. The van der Waals surface area contributed by atoms with Gasteiger partial charge in [0.2, 0.25) is 0 Å². The molecule has 0 spiro atoms. The number of nitrogen functional groups attached to an aromatic ring is 1. The quantitative estimate of drug-likeness (QED) is 0.728. The van der Waals surface area contributed by atoms with Crippen molar-refractivity contribution < 1.29 is 0 Å². The van der Waals surface area contributed by atoms with Crippen molar-refractivity contribution in [1.29, 1.82) is 0 Å². The van der Waals surface area contributed by atoms with Crippen molar-refractivity contribution >= 4 is 52.7 Å². The summed E-state index contributed by atoms with van der Waals surface area (Å²) in [5, 5.41) is 0. The molecule has 0 aliphatic carbocycles. The maximum Gasteiger partial charge on any atom is 0.0613 e. The third-order valence-corrected chi connectivity index (χ3v) is 7.50. The van der Waals surface area contributed by atoms with Crippen LogP contribution in [0.4, 0.5) is 5.69 Å². The van der Waals surface area contributed by atoms with Gasteiger partial charge in [0.1, 0.15) is 0 Å². The summed E-state index contributed by atoms with van der Waals surface area (Å²) < 4.78 is 0. The number of rotatable bonds is 0. The molecule has 0 atom stereocenters. The van der Waals surface area contributed by atoms with E-state index in [4.69, 9.17) is 5.73 Å². The van der Waals surface area contributed by atoms with Crippen LogP contribution in [0.5, 0.6) is 0 Å². The van der Waals surface area contributed by atoms with Crippen LogP contribution >= 0.6 is 47.0 Å². The molecule has 0 bridgehead atoms. The number of benzene rings is 1. The zero-order valence-electron chi connectivity index (χ0n) is 8.12. The summed E-state index contributed by atoms with van der Waals surface area (Å²) in [6.07, 6.45) is 0. The molecular weight excluding hydrogens is 262 g/mol. The van der Waals surface area contributed by atoms with Crippen LogP contribution in [0.3, 0.4) is 0 Å². The first-order chi connectivity index (χ1) is 7.36. The summed E-state index contributed by atoms with van der Waals surface area (Å²) in [4.78, 5) is 5.47. The molecule has 5 heteroatoms. The van der Waals surface area contributed by atoms with Crippen LogP contribution in [0.25, 0.3) is 0 Å². The molecule has 0 saturated carbocycles. The minimum Gasteiger partial charge on any atom is -0.397 e. The molecule has 15 heavy (non-hydrogen) atoms. The molecule has 0 unspecified atom stereocenters. The third kappa shape index (κ3) is 1.88. The Bertz CT molecular complexity index is 371. The highest BCUT2D eigenvalue weighted by molar-refractivity contribution is 8.06. The van der Waals surface area contributed by atoms with Crippen LogP contribution in [0, 0.1) is 0 Å². The largest absolute Gasteiger partial charge is 0.397 e. The molecule has 2 aliphatic heterocycles. The summed E-state index contributed by atoms with van der Waals surface area (Å²) in [6.45, 7) is 0. The van der Waals surface area contributed by atoms with Gasteiger partial charge in [0.15, 0.2) is 0 Å². The van der Waals surface area contributed by atoms with Gasteiger partial charge in [0.25, 0.3) is 0 Å². The zero-order valence-corrected chi connectivity index (χ0v) is 11.4. The van der Waals surface area contributed by atoms with Crippen LogP contribution in [0.2, 0.25) is 0 Å². The summed E-state index contributed by atoms with van der Waals surface area (Å²) in [5.41, 5.74) is 7.30. The number of anilines is 1. The van der Waals surface area contributed by atoms with Gasteiger partial charge in [0, 0.05) is 42.6 Å². The van der Waals surface area contributed by atoms with E-state index >= 15 is 0 Å². The Morgan fingerprint density at radius 3 is 1.80 bits per heavy atom. The molecule has 1 aromatic rings. The Kier molecular flexibility index (Phi) is 3.07. The number of hydrogen-bond acceptors (Lipinski definition) is 5. The molecule has 80 valence electrons. The average molecular weight is 273 g/mol. The van der Waals surface area contributed by atoms with E-state index < -0.39 is 0 Å². The van der Waals surface area contributed by atoms with Crippen LogP contribution in [0.15, 0.2) is 25.6 Å². The topological polar surface area (TPSA) is 26.0 Å². The van der Waals surface area contributed by atoms with Crippen molar-refractivity contribution in [2.24, 2.45) is 0 Å². The van der Waals surface area contributed by atoms with Crippen molar-refractivity contribution in [3.8, 4) is 0 Å². The van der Waals surface area contributed by atoms with E-state index in [1.807, 2.05) is 47.0 Å². The van der Waals surface area contributed by atoms with Gasteiger partial charge in [-0.25, -0.2) is 0 Å². The maximum atomic E-state index is 6.26. The molecular formula is C10H11NS4. The van der Waals surface area contributed by atoms with Gasteiger partial charge in [0.05, 0.1) is 5.69 Å². The molecule has 3 rings (SSSR count). The summed E-state index contributed by atoms with van der Waals surface area (Å²) in [7, 11) is 0. The van der Waals surface area contributed by atoms with Gasteiger partial charge in [-0.3, -0.25) is 0 Å². The van der Waals surface area contributed by atoms with Crippen molar-refractivity contribution in [2.45, 2.75) is 19.6 Å². The fourth-order valence-corrected chi connectivity index (χ4v) is 6.55. The van der Waals surface area contributed by atoms with Gasteiger partial charge < -0.3 is 5.73 Å². The lowest BCUT2D eigenvalue weighted by atomic mass is 10.3. The second kappa shape index (κ2) is 4.35. The second-order valence-corrected chi connectivity index (χ2v) is 7.82. The number of nitrogens with two attached hydrogens (primary N) is 1. The second-order valence-electron chi connectivity index (χ2n) is 3.34. The highest BCUT2D eigenvalue weighted by Gasteiger charge is 2.21. The van der Waals surface area contributed by atoms with E-state index in [1.54, 1.807) is 0 Å². The summed E-state index contributed by atoms with van der Waals surface area (Å²) in [5.74, 6) is 4.82. The van der Waals surface area contributed by atoms with Crippen molar-refractivity contribution in [3.05, 3.63) is 6.07 Å². The minimum absolute atomic E-state index is 1.04. The van der Waals surface area contributed by atoms with Gasteiger partial charge in [-0.15, -0.1) is 47.0 Å². The Morgan fingerprint density at radius 2 is 1.27 bits per heavy atom. The lowest BCUT2D eigenvalue weighted by Crippen LogP contribution is -2.04. The van der Waals surface area contributed by atoms with Crippen LogP contribution in [-0.4, -0.2) is 23.0 Å². The first-order valence-electron chi connectivity index (χ1n) is 4.84. The van der Waals surface area contributed by atoms with Gasteiger partial charge in [-0.2, -0.15) is 0 Å². The predicted octanol–water partition coefficient (Wildman–Crippen LogP) is 3.66. The lowest BCUT2D eigenvalue weighted by Gasteiger charge is -2.23. The Labute approximate surface area is 107 Å². The molecule has 0 radical (unpaired) electrons. The smallest absolute Gasteiger partial charge is 0.0613 e. The highest BCUT2D eigenvalue weighted by Crippen LogP contribution is 2.49. The third-order valence-electron chi connectivity index (χ3n) is 2.37. The highest BCUT2D eigenvalue weighted by atomic mass is 32.2. The summed E-state index contributed by atoms with van der Waals surface area (Å²) in [6, 6.07) is 2.34. The molecule has 2 heterocycles. The number of hydrogen-bond donors (Lipinski definition) is 1.